The van der Waals surface area contributed by atoms with Gasteiger partial charge in [-0.1, -0.05) is 322 Å². The monoisotopic (exact) mass is 1350 g/mol. The molecule has 2 aliphatic rings. The summed E-state index contributed by atoms with van der Waals surface area (Å²) in [6, 6.07) is 155. The molecule has 1 aliphatic heterocycles. The van der Waals surface area contributed by atoms with E-state index in [1.807, 2.05) is 0 Å². The second kappa shape index (κ2) is 25.7. The van der Waals surface area contributed by atoms with Gasteiger partial charge in [0.2, 0.25) is 0 Å². The second-order valence-corrected chi connectivity index (χ2v) is 30.8. The Labute approximate surface area is 614 Å². The molecule has 0 unspecified atom stereocenters. The Kier molecular flexibility index (Phi) is 15.1. The zero-order chi connectivity index (χ0) is 69.4. The highest BCUT2D eigenvalue weighted by Gasteiger charge is 2.43. The van der Waals surface area contributed by atoms with Crippen LogP contribution in [0.1, 0.15) is 22.6 Å². The van der Waals surface area contributed by atoms with Crippen molar-refractivity contribution in [1.29, 1.82) is 0 Å². The first-order valence-corrected chi connectivity index (χ1v) is 38.0. The van der Waals surface area contributed by atoms with E-state index in [0.29, 0.717) is 0 Å². The van der Waals surface area contributed by atoms with Gasteiger partial charge in [0.1, 0.15) is 0 Å². The summed E-state index contributed by atoms with van der Waals surface area (Å²) in [5, 5.41) is 2.40. The molecule has 0 bridgehead atoms. The van der Waals surface area contributed by atoms with E-state index in [0.717, 1.165) is 27.8 Å². The van der Waals surface area contributed by atoms with Gasteiger partial charge in [-0.15, -0.1) is 10.0 Å². The summed E-state index contributed by atoms with van der Waals surface area (Å²) in [6.45, 7) is 0. The van der Waals surface area contributed by atoms with Gasteiger partial charge >= 0.3 is 0 Å². The van der Waals surface area contributed by atoms with Crippen molar-refractivity contribution >= 4 is 31.8 Å². The number of para-hydroxylation sites is 1. The van der Waals surface area contributed by atoms with Crippen LogP contribution in [-0.2, 0) is 0 Å². The van der Waals surface area contributed by atoms with Crippen LogP contribution in [0.15, 0.2) is 432 Å². The van der Waals surface area contributed by atoms with Gasteiger partial charge < -0.3 is 4.57 Å². The Balaban J connectivity index is 0.785. The quantitative estimate of drug-likeness (QED) is 0.108. The molecule has 0 spiro atoms. The van der Waals surface area contributed by atoms with Gasteiger partial charge in [0.25, 0.3) is 0 Å². The molecule has 0 amide bonds. The molecular weight excluding hydrogens is 1280 g/mol. The minimum absolute atomic E-state index is 0.0436. The van der Waals surface area contributed by atoms with E-state index in [1.165, 1.54) is 158 Å². The van der Waals surface area contributed by atoms with Gasteiger partial charge in [0, 0.05) is 41.8 Å². The van der Waals surface area contributed by atoms with Gasteiger partial charge in [0.05, 0.1) is 16.7 Å². The zero-order valence-corrected chi connectivity index (χ0v) is 58.5. The van der Waals surface area contributed by atoms with E-state index >= 15 is 0 Å². The van der Waals surface area contributed by atoms with Crippen LogP contribution in [0.25, 0.3) is 150 Å². The molecule has 20 rings (SSSR count). The summed E-state index contributed by atoms with van der Waals surface area (Å²) in [5.41, 5.74) is 34.0. The average molecular weight is 1350 g/mol. The Bertz CT molecular complexity index is 6060. The Hall–Kier alpha value is -13.1. The van der Waals surface area contributed by atoms with Crippen molar-refractivity contribution in [2.24, 2.45) is 0 Å². The van der Waals surface area contributed by atoms with Gasteiger partial charge in [-0.2, -0.15) is 0 Å². The summed E-state index contributed by atoms with van der Waals surface area (Å²) < 4.78 is 2.54. The third-order valence-electron chi connectivity index (χ3n) is 22.0. The Morgan fingerprint density at radius 1 is 0.190 bits per heavy atom. The maximum absolute atomic E-state index is 2.60. The molecule has 1 aromatic heterocycles. The number of fused-ring (bicyclic) bond motifs is 9. The summed E-state index contributed by atoms with van der Waals surface area (Å²) in [7, 11) is -2.04. The van der Waals surface area contributed by atoms with E-state index in [4.69, 9.17) is 0 Å². The van der Waals surface area contributed by atoms with E-state index in [1.54, 1.807) is 0 Å². The van der Waals surface area contributed by atoms with Crippen molar-refractivity contribution in [3.63, 3.8) is 0 Å². The lowest BCUT2D eigenvalue weighted by atomic mass is 9.86. The molecule has 2 heterocycles. The lowest BCUT2D eigenvalue weighted by molar-refractivity contribution is 1.01. The van der Waals surface area contributed by atoms with Gasteiger partial charge in [-0.3, -0.25) is 0 Å². The molecular formula is C103H69NS. The summed E-state index contributed by atoms with van der Waals surface area (Å²) in [5.74, 6) is -0.0436. The molecule has 492 valence electrons. The molecule has 0 saturated heterocycles. The molecule has 1 aliphatic carbocycles. The molecule has 105 heavy (non-hydrogen) atoms. The zero-order valence-electron chi connectivity index (χ0n) is 57.7. The van der Waals surface area contributed by atoms with Crippen LogP contribution >= 0.6 is 10.0 Å². The lowest BCUT2D eigenvalue weighted by Gasteiger charge is -2.39. The fraction of sp³-hybridized carbons (Fsp3) is 0.00971. The van der Waals surface area contributed by atoms with Crippen molar-refractivity contribution in [3.8, 4) is 128 Å². The van der Waals surface area contributed by atoms with Crippen LogP contribution in [0.5, 0.6) is 0 Å². The van der Waals surface area contributed by atoms with Gasteiger partial charge in [-0.25, -0.2) is 0 Å². The predicted octanol–water partition coefficient (Wildman–Crippen LogP) is 28.3. The van der Waals surface area contributed by atoms with Crippen molar-refractivity contribution in [1.82, 2.24) is 4.57 Å². The van der Waals surface area contributed by atoms with Crippen molar-refractivity contribution in [3.05, 3.63) is 429 Å². The topological polar surface area (TPSA) is 4.93 Å². The fourth-order valence-corrected chi connectivity index (χ4v) is 21.5. The van der Waals surface area contributed by atoms with Gasteiger partial charge in [0.15, 0.2) is 0 Å². The minimum Gasteiger partial charge on any atom is -0.309 e. The normalized spacial score (nSPS) is 12.9. The van der Waals surface area contributed by atoms with Crippen LogP contribution in [0.3, 0.4) is 0 Å². The standard InChI is InChI=1S/C103H69NS/c1-7-29-69(30-8-1)81-41-19-23-45-85(81)73-51-57-90-92(63-73)93-64-74(86-46-24-20-42-82(86)70-31-9-2-10-32-70)52-58-91(93)103(90)78-56-62-102-97(68-78)96-67-77(55-61-101(96)105(102,79-37-15-5-16-38-79)80-39-17-6-18-40-80)89-49-27-28-50-98(89)104-99-59-53-75(87-47-25-21-43-83(87)71-33-11-3-12-34-71)65-94(99)95-66-76(54-60-100(95)104)88-48-26-22-44-84(88)72-35-13-4-14-36-72/h1-68,103H. The minimum atomic E-state index is -2.04. The van der Waals surface area contributed by atoms with Crippen LogP contribution in [0.4, 0.5) is 0 Å². The molecule has 0 fully saturated rings. The van der Waals surface area contributed by atoms with E-state index in [9.17, 15) is 0 Å². The second-order valence-electron chi connectivity index (χ2n) is 27.7. The largest absolute Gasteiger partial charge is 0.309 e. The molecule has 17 aromatic carbocycles. The highest BCUT2D eigenvalue weighted by atomic mass is 32.3. The summed E-state index contributed by atoms with van der Waals surface area (Å²) in [4.78, 5) is 5.36. The average Bonchev–Trinajstić information content (AvgIpc) is 1.54. The maximum atomic E-state index is 2.60. The summed E-state index contributed by atoms with van der Waals surface area (Å²) >= 11 is 0. The van der Waals surface area contributed by atoms with Crippen molar-refractivity contribution in [2.75, 3.05) is 0 Å². The molecule has 2 heteroatoms. The first-order chi connectivity index (χ1) is 52.1. The highest BCUT2D eigenvalue weighted by molar-refractivity contribution is 8.34. The lowest BCUT2D eigenvalue weighted by Crippen LogP contribution is -2.03. The van der Waals surface area contributed by atoms with E-state index in [-0.39, 0.29) is 5.92 Å². The van der Waals surface area contributed by atoms with Crippen molar-refractivity contribution < 1.29 is 0 Å². The van der Waals surface area contributed by atoms with Gasteiger partial charge in [-0.05, 0) is 225 Å². The summed E-state index contributed by atoms with van der Waals surface area (Å²) in [6.07, 6.45) is 0. The molecule has 0 saturated carbocycles. The number of hydrogen-bond donors (Lipinski definition) is 0. The number of nitrogens with zero attached hydrogens (tertiary/aromatic N) is 1. The maximum Gasteiger partial charge on any atom is 0.0541 e. The Morgan fingerprint density at radius 2 is 0.476 bits per heavy atom. The van der Waals surface area contributed by atoms with Crippen LogP contribution in [0.2, 0.25) is 0 Å². The smallest absolute Gasteiger partial charge is 0.0541 e. The van der Waals surface area contributed by atoms with Crippen LogP contribution in [-0.4, -0.2) is 4.57 Å². The number of hydrogen-bond acceptors (Lipinski definition) is 0. The third-order valence-corrected chi connectivity index (χ3v) is 26.0. The first-order valence-electron chi connectivity index (χ1n) is 36.4. The Morgan fingerprint density at radius 3 is 0.876 bits per heavy atom. The van der Waals surface area contributed by atoms with E-state index in [2.05, 4.69) is 417 Å². The predicted molar refractivity (Wildman–Crippen MR) is 442 cm³/mol. The number of benzene rings is 17. The molecule has 18 aromatic rings. The highest BCUT2D eigenvalue weighted by Crippen LogP contribution is 2.80. The third kappa shape index (κ3) is 10.3. The SMILES string of the molecule is c1ccc(-c2ccccc2-c2ccc3c(c2)-c2cc(-c4ccccc4-c4ccccc4)ccc2C3c2ccc3c(c2)-c2cc(-c4ccccc4-n4c5ccc(-c6ccccc6-c6ccccc6)cc5c5cc(-c6ccccc6-c6ccccc6)ccc54)ccc2S3(c2ccccc2)c2ccccc2)cc1. The fourth-order valence-electron chi connectivity index (χ4n) is 17.3. The van der Waals surface area contributed by atoms with Crippen LogP contribution < -0.4 is 0 Å². The van der Waals surface area contributed by atoms with E-state index < -0.39 is 10.0 Å². The van der Waals surface area contributed by atoms with Crippen molar-refractivity contribution in [2.45, 2.75) is 25.5 Å². The molecule has 0 radical (unpaired) electrons. The molecule has 1 nitrogen and oxygen atoms in total. The first kappa shape index (κ1) is 61.7. The molecule has 0 N–H and O–H groups in total. The molecule has 0 atom stereocenters. The number of rotatable bonds is 13. The number of aromatic nitrogens is 1. The van der Waals surface area contributed by atoms with Crippen LogP contribution in [0, 0.1) is 0 Å².